The van der Waals surface area contributed by atoms with E-state index >= 15 is 0 Å². The van der Waals surface area contributed by atoms with Gasteiger partial charge in [-0.1, -0.05) is 0 Å². The van der Waals surface area contributed by atoms with Gasteiger partial charge in [0.25, 0.3) is 0 Å². The summed E-state index contributed by atoms with van der Waals surface area (Å²) in [5.41, 5.74) is 0.917. The Kier molecular flexibility index (Phi) is 4.57. The minimum absolute atomic E-state index is 0.279. The molecule has 2 aromatic heterocycles. The predicted octanol–water partition coefficient (Wildman–Crippen LogP) is 3.93. The Morgan fingerprint density at radius 3 is 2.95 bits per heavy atom. The maximum absolute atomic E-state index is 13.5. The molecule has 0 aliphatic heterocycles. The van der Waals surface area contributed by atoms with Crippen LogP contribution in [0.5, 0.6) is 0 Å². The minimum Gasteiger partial charge on any atom is -0.354 e. The highest BCUT2D eigenvalue weighted by atomic mass is 79.9. The van der Waals surface area contributed by atoms with E-state index in [2.05, 4.69) is 42.6 Å². The molecule has 3 rings (SSSR count). The van der Waals surface area contributed by atoms with Crippen molar-refractivity contribution in [1.29, 1.82) is 0 Å². The molecule has 0 amide bonds. The molecule has 1 N–H and O–H groups in total. The van der Waals surface area contributed by atoms with Crippen molar-refractivity contribution in [3.05, 3.63) is 44.4 Å². The number of aromatic nitrogens is 1. The van der Waals surface area contributed by atoms with Crippen LogP contribution < -0.4 is 10.2 Å². The number of pyridine rings is 1. The van der Waals surface area contributed by atoms with Crippen molar-refractivity contribution in [3.8, 4) is 0 Å². The molecule has 1 aliphatic carbocycles. The first kappa shape index (κ1) is 14.9. The predicted molar refractivity (Wildman–Crippen MR) is 88.2 cm³/mol. The smallest absolute Gasteiger partial charge is 0.141 e. The molecule has 1 aliphatic rings. The van der Waals surface area contributed by atoms with E-state index in [9.17, 15) is 4.39 Å². The first-order chi connectivity index (χ1) is 10.1. The first-order valence-corrected chi connectivity index (χ1v) is 8.61. The Balaban J connectivity index is 1.75. The number of nitrogens with zero attached hydrogens (tertiary/aromatic N) is 2. The summed E-state index contributed by atoms with van der Waals surface area (Å²) in [6, 6.07) is 4.28. The normalized spacial score (nSPS) is 14.4. The van der Waals surface area contributed by atoms with Gasteiger partial charge in [0.05, 0.1) is 12.7 Å². The second-order valence-electron chi connectivity index (χ2n) is 5.38. The van der Waals surface area contributed by atoms with Crippen molar-refractivity contribution in [2.75, 3.05) is 11.9 Å². The monoisotopic (exact) mass is 369 g/mol. The standard InChI is InChI=1S/C15H17BrFN3S/c1-20(8-14-5-11(16)9-21-14)15-10(4-12(17)7-19-15)6-18-13-2-3-13/h4-5,7,9,13,18H,2-3,6,8H2,1H3. The average molecular weight is 370 g/mol. The molecule has 0 bridgehead atoms. The Morgan fingerprint density at radius 1 is 1.48 bits per heavy atom. The SMILES string of the molecule is CN(Cc1cc(Br)cs1)c1ncc(F)cc1CNC1CC1. The summed E-state index contributed by atoms with van der Waals surface area (Å²) in [5.74, 6) is 0.563. The van der Waals surface area contributed by atoms with Crippen LogP contribution in [0.1, 0.15) is 23.3 Å². The molecule has 3 nitrogen and oxygen atoms in total. The van der Waals surface area contributed by atoms with Gasteiger partial charge in [-0.15, -0.1) is 11.3 Å². The van der Waals surface area contributed by atoms with Crippen LogP contribution >= 0.6 is 27.3 Å². The van der Waals surface area contributed by atoms with E-state index in [-0.39, 0.29) is 5.82 Å². The van der Waals surface area contributed by atoms with Crippen LogP contribution in [0.2, 0.25) is 0 Å². The maximum atomic E-state index is 13.5. The van der Waals surface area contributed by atoms with Crippen molar-refractivity contribution < 1.29 is 4.39 Å². The molecule has 0 spiro atoms. The summed E-state index contributed by atoms with van der Waals surface area (Å²) in [5, 5.41) is 5.49. The second-order valence-corrected chi connectivity index (χ2v) is 7.29. The van der Waals surface area contributed by atoms with E-state index in [0.29, 0.717) is 12.6 Å². The molecule has 21 heavy (non-hydrogen) atoms. The third kappa shape index (κ3) is 4.02. The lowest BCUT2D eigenvalue weighted by atomic mass is 10.2. The molecular weight excluding hydrogens is 353 g/mol. The summed E-state index contributed by atoms with van der Waals surface area (Å²) in [6.07, 6.45) is 3.73. The van der Waals surface area contributed by atoms with E-state index in [1.165, 1.54) is 23.9 Å². The Labute approximate surface area is 136 Å². The number of nitrogens with one attached hydrogen (secondary N) is 1. The topological polar surface area (TPSA) is 28.2 Å². The number of thiophene rings is 1. The van der Waals surface area contributed by atoms with Gasteiger partial charge in [0, 0.05) is 39.9 Å². The molecular formula is C15H17BrFN3S. The lowest BCUT2D eigenvalue weighted by molar-refractivity contribution is 0.611. The summed E-state index contributed by atoms with van der Waals surface area (Å²) in [6.45, 7) is 1.44. The molecule has 2 aromatic rings. The highest BCUT2D eigenvalue weighted by Crippen LogP contribution is 2.25. The van der Waals surface area contributed by atoms with Gasteiger partial charge in [-0.25, -0.2) is 9.37 Å². The van der Waals surface area contributed by atoms with Gasteiger partial charge in [-0.2, -0.15) is 0 Å². The number of rotatable bonds is 6. The zero-order chi connectivity index (χ0) is 14.8. The van der Waals surface area contributed by atoms with Crippen LogP contribution in [0.4, 0.5) is 10.2 Å². The number of anilines is 1. The summed E-state index contributed by atoms with van der Waals surface area (Å²) in [4.78, 5) is 7.60. The quantitative estimate of drug-likeness (QED) is 0.835. The molecule has 0 unspecified atom stereocenters. The van der Waals surface area contributed by atoms with Gasteiger partial charge in [0.15, 0.2) is 0 Å². The van der Waals surface area contributed by atoms with Gasteiger partial charge in [0.2, 0.25) is 0 Å². The number of halogens is 2. The zero-order valence-electron chi connectivity index (χ0n) is 11.8. The molecule has 1 saturated carbocycles. The fourth-order valence-electron chi connectivity index (χ4n) is 2.23. The fraction of sp³-hybridized carbons (Fsp3) is 0.400. The van der Waals surface area contributed by atoms with Crippen molar-refractivity contribution in [2.24, 2.45) is 0 Å². The maximum Gasteiger partial charge on any atom is 0.141 e. The third-order valence-corrected chi connectivity index (χ3v) is 5.13. The molecule has 112 valence electrons. The largest absolute Gasteiger partial charge is 0.354 e. The lowest BCUT2D eigenvalue weighted by Crippen LogP contribution is -2.22. The van der Waals surface area contributed by atoms with Crippen LogP contribution in [-0.4, -0.2) is 18.1 Å². The Morgan fingerprint density at radius 2 is 2.29 bits per heavy atom. The molecule has 0 radical (unpaired) electrons. The molecule has 6 heteroatoms. The average Bonchev–Trinajstić information content (AvgIpc) is 3.19. The second kappa shape index (κ2) is 6.42. The van der Waals surface area contributed by atoms with Crippen LogP contribution in [0.25, 0.3) is 0 Å². The van der Waals surface area contributed by atoms with E-state index in [0.717, 1.165) is 22.4 Å². The fourth-order valence-corrected chi connectivity index (χ4v) is 3.74. The zero-order valence-corrected chi connectivity index (χ0v) is 14.2. The van der Waals surface area contributed by atoms with Gasteiger partial charge < -0.3 is 10.2 Å². The molecule has 0 aromatic carbocycles. The minimum atomic E-state index is -0.279. The molecule has 2 heterocycles. The Bertz CT molecular complexity index is 627. The van der Waals surface area contributed by atoms with Gasteiger partial charge in [-0.05, 0) is 40.9 Å². The molecule has 0 atom stereocenters. The van der Waals surface area contributed by atoms with Crippen LogP contribution in [-0.2, 0) is 13.1 Å². The highest BCUT2D eigenvalue weighted by Gasteiger charge is 2.21. The summed E-state index contributed by atoms with van der Waals surface area (Å²) >= 11 is 5.17. The lowest BCUT2D eigenvalue weighted by Gasteiger charge is -2.21. The van der Waals surface area contributed by atoms with E-state index in [1.807, 2.05) is 7.05 Å². The Hall–Kier alpha value is -0.980. The molecule has 0 saturated heterocycles. The van der Waals surface area contributed by atoms with Crippen molar-refractivity contribution in [3.63, 3.8) is 0 Å². The van der Waals surface area contributed by atoms with Crippen LogP contribution in [0.3, 0.4) is 0 Å². The van der Waals surface area contributed by atoms with Gasteiger partial charge in [0.1, 0.15) is 11.6 Å². The van der Waals surface area contributed by atoms with E-state index < -0.39 is 0 Å². The van der Waals surface area contributed by atoms with Crippen LogP contribution in [0, 0.1) is 5.82 Å². The summed E-state index contributed by atoms with van der Waals surface area (Å²) < 4.78 is 14.6. The van der Waals surface area contributed by atoms with E-state index in [4.69, 9.17) is 0 Å². The van der Waals surface area contributed by atoms with Crippen molar-refractivity contribution >= 4 is 33.1 Å². The highest BCUT2D eigenvalue weighted by molar-refractivity contribution is 9.10. The van der Waals surface area contributed by atoms with Crippen LogP contribution in [0.15, 0.2) is 28.2 Å². The van der Waals surface area contributed by atoms with Crippen molar-refractivity contribution in [1.82, 2.24) is 10.3 Å². The number of hydrogen-bond acceptors (Lipinski definition) is 4. The van der Waals surface area contributed by atoms with E-state index in [1.54, 1.807) is 17.4 Å². The van der Waals surface area contributed by atoms with Gasteiger partial charge >= 0.3 is 0 Å². The summed E-state index contributed by atoms with van der Waals surface area (Å²) in [7, 11) is 1.99. The van der Waals surface area contributed by atoms with Crippen molar-refractivity contribution in [2.45, 2.75) is 32.0 Å². The van der Waals surface area contributed by atoms with Gasteiger partial charge in [-0.3, -0.25) is 0 Å². The number of hydrogen-bond donors (Lipinski definition) is 1. The third-order valence-electron chi connectivity index (χ3n) is 3.44. The first-order valence-electron chi connectivity index (χ1n) is 6.93. The molecule has 1 fully saturated rings.